The molecule has 6 heteroatoms. The zero-order valence-electron chi connectivity index (χ0n) is 30.1. The van der Waals surface area contributed by atoms with Crippen LogP contribution < -0.4 is 10.4 Å². The first-order valence-corrected chi connectivity index (χ1v) is 19.9. The molecule has 0 aliphatic carbocycles. The van der Waals surface area contributed by atoms with Gasteiger partial charge in [-0.05, 0) is 66.6 Å². The molecule has 4 aromatic carbocycles. The number of benzene rings is 4. The van der Waals surface area contributed by atoms with Crippen molar-refractivity contribution in [2.24, 2.45) is 0 Å². The summed E-state index contributed by atoms with van der Waals surface area (Å²) in [5, 5.41) is 2.36. The molecule has 3 bridgehead atoms. The van der Waals surface area contributed by atoms with Gasteiger partial charge in [-0.3, -0.25) is 9.80 Å². The topological polar surface area (TPSA) is 42.0 Å². The second-order valence-electron chi connectivity index (χ2n) is 16.8. The summed E-state index contributed by atoms with van der Waals surface area (Å²) in [5.74, 6) is 0. The van der Waals surface area contributed by atoms with Crippen molar-refractivity contribution in [2.75, 3.05) is 13.1 Å². The van der Waals surface area contributed by atoms with Crippen molar-refractivity contribution >= 4 is 24.8 Å². The second kappa shape index (κ2) is 12.6. The van der Waals surface area contributed by atoms with Crippen molar-refractivity contribution in [1.82, 2.24) is 9.80 Å². The van der Waals surface area contributed by atoms with Gasteiger partial charge in [-0.2, -0.15) is 0 Å². The van der Waals surface area contributed by atoms with Crippen LogP contribution >= 0.6 is 0 Å². The maximum Gasteiger partial charge on any atom is 0.411 e. The van der Waals surface area contributed by atoms with E-state index in [1.54, 1.807) is 0 Å². The first-order valence-electron chi connectivity index (χ1n) is 18.0. The number of fused-ring (bicyclic) bond motifs is 2. The molecule has 3 saturated heterocycles. The number of likely N-dealkylation sites (tertiary alicyclic amines) is 1. The Morgan fingerprint density at radius 3 is 1.80 bits per heavy atom. The smallest absolute Gasteiger partial charge is 0.411 e. The molecule has 0 saturated carbocycles. The molecule has 4 atom stereocenters. The molecule has 0 radical (unpaired) electrons. The number of hydrogen-bond acceptors (Lipinski definition) is 4. The van der Waals surface area contributed by atoms with Crippen LogP contribution in [0.4, 0.5) is 4.79 Å². The number of rotatable bonds is 7. The number of ether oxygens (including phenoxy) is 1. The van der Waals surface area contributed by atoms with E-state index in [-0.39, 0.29) is 28.7 Å². The fourth-order valence-electron chi connectivity index (χ4n) is 9.56. The van der Waals surface area contributed by atoms with E-state index < -0.39 is 19.5 Å². The quantitative estimate of drug-likeness (QED) is 0.187. The molecule has 4 aromatic rings. The summed E-state index contributed by atoms with van der Waals surface area (Å²) in [5.41, 5.74) is 1.48. The van der Waals surface area contributed by atoms with Crippen LogP contribution in [0.1, 0.15) is 71.9 Å². The highest BCUT2D eigenvalue weighted by atomic mass is 28.4. The van der Waals surface area contributed by atoms with E-state index in [4.69, 9.17) is 9.16 Å². The Labute approximate surface area is 294 Å². The Balaban J connectivity index is 1.38. The minimum Gasteiger partial charge on any atom is -0.444 e. The maximum atomic E-state index is 14.6. The van der Waals surface area contributed by atoms with Gasteiger partial charge in [0.2, 0.25) is 0 Å². The van der Waals surface area contributed by atoms with Crippen LogP contribution in [-0.4, -0.2) is 60.6 Å². The van der Waals surface area contributed by atoms with Gasteiger partial charge in [0, 0.05) is 25.0 Å². The standard InChI is InChI=1S/C43H52N2O3Si/c1-40(2,3)47-39(46)45-37-27-42(34-21-13-8-14-22-34)30-43(45,32-44(31-42)29-33-19-11-7-12-20-33)28-38(37)48-49(41(4,5)6,35-23-15-9-16-24-35)36-25-17-10-18-26-36/h7-26,37-38H,27-32H2,1-6H3/t37?,38-,42?,43?/m1/s1. The van der Waals surface area contributed by atoms with Gasteiger partial charge in [-0.25, -0.2) is 4.79 Å². The second-order valence-corrected chi connectivity index (χ2v) is 21.1. The number of amides is 1. The van der Waals surface area contributed by atoms with Gasteiger partial charge in [-0.1, -0.05) is 142 Å². The van der Waals surface area contributed by atoms with Crippen LogP contribution in [0, 0.1) is 0 Å². The van der Waals surface area contributed by atoms with E-state index in [1.165, 1.54) is 21.5 Å². The normalized spacial score (nSPS) is 25.6. The van der Waals surface area contributed by atoms with E-state index in [0.29, 0.717) is 0 Å². The van der Waals surface area contributed by atoms with Crippen molar-refractivity contribution in [1.29, 1.82) is 0 Å². The first-order chi connectivity index (χ1) is 23.3. The number of hydrogen-bond donors (Lipinski definition) is 0. The van der Waals surface area contributed by atoms with Crippen LogP contribution in [-0.2, 0) is 21.1 Å². The molecule has 3 aliphatic rings. The minimum atomic E-state index is -2.91. The third kappa shape index (κ3) is 6.17. The first kappa shape index (κ1) is 33.8. The zero-order valence-corrected chi connectivity index (χ0v) is 31.1. The van der Waals surface area contributed by atoms with Crippen LogP contribution in [0.2, 0.25) is 5.04 Å². The van der Waals surface area contributed by atoms with Gasteiger partial charge >= 0.3 is 6.09 Å². The number of carbonyl (C=O) groups is 1. The maximum absolute atomic E-state index is 14.6. The van der Waals surface area contributed by atoms with Gasteiger partial charge in [-0.15, -0.1) is 0 Å². The van der Waals surface area contributed by atoms with Crippen LogP contribution in [0.3, 0.4) is 0 Å². The summed E-state index contributed by atoms with van der Waals surface area (Å²) < 4.78 is 14.2. The summed E-state index contributed by atoms with van der Waals surface area (Å²) in [6, 6.07) is 43.5. The highest BCUT2D eigenvalue weighted by Crippen LogP contribution is 2.58. The van der Waals surface area contributed by atoms with Crippen molar-refractivity contribution in [3.05, 3.63) is 132 Å². The van der Waals surface area contributed by atoms with E-state index in [2.05, 4.69) is 152 Å². The lowest BCUT2D eigenvalue weighted by molar-refractivity contribution is -0.0740. The number of piperidine rings is 2. The van der Waals surface area contributed by atoms with E-state index >= 15 is 0 Å². The summed E-state index contributed by atoms with van der Waals surface area (Å²) in [6.45, 7) is 15.5. The lowest BCUT2D eigenvalue weighted by atomic mass is 9.63. The largest absolute Gasteiger partial charge is 0.444 e. The Morgan fingerprint density at radius 1 is 0.735 bits per heavy atom. The molecule has 1 amide bonds. The van der Waals surface area contributed by atoms with Gasteiger partial charge in [0.1, 0.15) is 5.60 Å². The number of nitrogens with zero attached hydrogens (tertiary/aromatic N) is 2. The molecule has 3 heterocycles. The Morgan fingerprint density at radius 2 is 1.27 bits per heavy atom. The monoisotopic (exact) mass is 672 g/mol. The van der Waals surface area contributed by atoms with Crippen molar-refractivity contribution in [2.45, 2.75) is 101 Å². The molecule has 3 unspecified atom stereocenters. The Kier molecular flexibility index (Phi) is 8.65. The predicted molar refractivity (Wildman–Crippen MR) is 201 cm³/mol. The molecular weight excluding hydrogens is 621 g/mol. The van der Waals surface area contributed by atoms with Crippen molar-refractivity contribution in [3.63, 3.8) is 0 Å². The molecule has 1 spiro atoms. The molecule has 256 valence electrons. The molecular formula is C43H52N2O3Si. The van der Waals surface area contributed by atoms with E-state index in [0.717, 1.165) is 38.9 Å². The van der Waals surface area contributed by atoms with Crippen LogP contribution in [0.25, 0.3) is 0 Å². The molecule has 0 N–H and O–H groups in total. The highest BCUT2D eigenvalue weighted by molar-refractivity contribution is 6.99. The fraction of sp³-hybridized carbons (Fsp3) is 0.419. The molecule has 49 heavy (non-hydrogen) atoms. The van der Waals surface area contributed by atoms with Crippen LogP contribution in [0.5, 0.6) is 0 Å². The molecule has 3 fully saturated rings. The SMILES string of the molecule is CC(C)(C)OC(=O)N1C2CC3(c4ccccc4)CN(Cc4ccccc4)CC1(C[C@H]2O[Si](c1ccccc1)(c1ccccc1)C(C)(C)C)C3. The van der Waals surface area contributed by atoms with Gasteiger partial charge in [0.25, 0.3) is 8.32 Å². The van der Waals surface area contributed by atoms with Crippen LogP contribution in [0.15, 0.2) is 121 Å². The Hall–Kier alpha value is -3.71. The third-order valence-electron chi connectivity index (χ3n) is 11.1. The molecule has 7 rings (SSSR count). The Bertz CT molecular complexity index is 1700. The summed E-state index contributed by atoms with van der Waals surface area (Å²) >= 11 is 0. The van der Waals surface area contributed by atoms with Gasteiger partial charge < -0.3 is 9.16 Å². The zero-order chi connectivity index (χ0) is 34.5. The van der Waals surface area contributed by atoms with Crippen molar-refractivity contribution in [3.8, 4) is 0 Å². The number of carbonyl (C=O) groups excluding carboxylic acids is 1. The lowest BCUT2D eigenvalue weighted by Gasteiger charge is -2.59. The summed E-state index contributed by atoms with van der Waals surface area (Å²) in [6.07, 6.45) is 2.13. The molecule has 0 aromatic heterocycles. The average Bonchev–Trinajstić information content (AvgIpc) is 3.28. The minimum absolute atomic E-state index is 0.121. The predicted octanol–water partition coefficient (Wildman–Crippen LogP) is 7.93. The molecule has 5 nitrogen and oxygen atoms in total. The fourth-order valence-corrected chi connectivity index (χ4v) is 14.3. The van der Waals surface area contributed by atoms with Gasteiger partial charge in [0.05, 0.1) is 17.7 Å². The summed E-state index contributed by atoms with van der Waals surface area (Å²) in [7, 11) is -2.91. The van der Waals surface area contributed by atoms with E-state index in [9.17, 15) is 4.79 Å². The van der Waals surface area contributed by atoms with Crippen molar-refractivity contribution < 1.29 is 14.0 Å². The van der Waals surface area contributed by atoms with Gasteiger partial charge in [0.15, 0.2) is 0 Å². The highest BCUT2D eigenvalue weighted by Gasteiger charge is 2.68. The lowest BCUT2D eigenvalue weighted by Crippen LogP contribution is -2.70. The third-order valence-corrected chi connectivity index (χ3v) is 16.2. The summed E-state index contributed by atoms with van der Waals surface area (Å²) in [4.78, 5) is 19.3. The average molecular weight is 673 g/mol. The molecule has 3 aliphatic heterocycles. The van der Waals surface area contributed by atoms with E-state index in [1.807, 2.05) is 20.8 Å².